The maximum Gasteiger partial charge on any atom is 0.387 e. The van der Waals surface area contributed by atoms with Gasteiger partial charge in [-0.1, -0.05) is 0 Å². The first-order chi connectivity index (χ1) is 15.9. The summed E-state index contributed by atoms with van der Waals surface area (Å²) in [4.78, 5) is 30.6. The van der Waals surface area contributed by atoms with Crippen LogP contribution in [0.3, 0.4) is 0 Å². The molecular formula is C20H15F2N7O3S. The van der Waals surface area contributed by atoms with E-state index in [0.29, 0.717) is 16.2 Å². The summed E-state index contributed by atoms with van der Waals surface area (Å²) in [6.45, 7) is -1.33. The highest BCUT2D eigenvalue weighted by atomic mass is 32.2. The standard InChI is InChI=1S/C20H15F2N7O3S/c1-10-18(30)25-14-8-15(32-20(21)22)11(7-16(14)33-10)13-3-6-29(26-13)27-19(31)12-9-24-28-5-2-4-23-17(12)28/h2-10,20H,1H3,(H,25,30)(H,27,31). The van der Waals surface area contributed by atoms with Gasteiger partial charge in [0, 0.05) is 35.1 Å². The Morgan fingerprint density at radius 2 is 2.18 bits per heavy atom. The number of benzene rings is 1. The summed E-state index contributed by atoms with van der Waals surface area (Å²) < 4.78 is 32.2. The van der Waals surface area contributed by atoms with Crippen LogP contribution >= 0.6 is 11.8 Å². The van der Waals surface area contributed by atoms with E-state index in [1.54, 1.807) is 37.5 Å². The quantitative estimate of drug-likeness (QED) is 0.460. The zero-order chi connectivity index (χ0) is 23.1. The highest BCUT2D eigenvalue weighted by Gasteiger charge is 2.26. The van der Waals surface area contributed by atoms with Gasteiger partial charge in [0.1, 0.15) is 11.3 Å². The van der Waals surface area contributed by atoms with E-state index in [4.69, 9.17) is 0 Å². The number of fused-ring (bicyclic) bond motifs is 2. The molecule has 33 heavy (non-hydrogen) atoms. The average molecular weight is 471 g/mol. The highest BCUT2D eigenvalue weighted by Crippen LogP contribution is 2.43. The largest absolute Gasteiger partial charge is 0.434 e. The molecule has 0 spiro atoms. The highest BCUT2D eigenvalue weighted by molar-refractivity contribution is 8.01. The lowest BCUT2D eigenvalue weighted by Crippen LogP contribution is -2.26. The van der Waals surface area contributed by atoms with Crippen LogP contribution in [0.25, 0.3) is 16.9 Å². The van der Waals surface area contributed by atoms with E-state index in [0.717, 1.165) is 4.79 Å². The predicted molar refractivity (Wildman–Crippen MR) is 115 cm³/mol. The Labute approximate surface area is 188 Å². The summed E-state index contributed by atoms with van der Waals surface area (Å²) in [7, 11) is 0. The van der Waals surface area contributed by atoms with Crippen LogP contribution < -0.4 is 15.5 Å². The number of halogens is 2. The van der Waals surface area contributed by atoms with Gasteiger partial charge in [-0.25, -0.2) is 14.9 Å². The molecule has 0 radical (unpaired) electrons. The lowest BCUT2D eigenvalue weighted by molar-refractivity contribution is -0.115. The molecule has 2 amide bonds. The fourth-order valence-corrected chi connectivity index (χ4v) is 4.28. The van der Waals surface area contributed by atoms with E-state index in [-0.39, 0.29) is 33.7 Å². The van der Waals surface area contributed by atoms with Crippen LogP contribution in [0.5, 0.6) is 5.75 Å². The van der Waals surface area contributed by atoms with Crippen LogP contribution in [-0.4, -0.2) is 48.2 Å². The first-order valence-electron chi connectivity index (χ1n) is 9.65. The molecule has 3 aromatic heterocycles. The van der Waals surface area contributed by atoms with Crippen LogP contribution in [0.4, 0.5) is 14.5 Å². The molecule has 5 rings (SSSR count). The van der Waals surface area contributed by atoms with Gasteiger partial charge in [-0.05, 0) is 25.1 Å². The third-order valence-corrected chi connectivity index (χ3v) is 5.99. The van der Waals surface area contributed by atoms with Gasteiger partial charge in [-0.15, -0.1) is 11.8 Å². The minimum absolute atomic E-state index is 0.150. The van der Waals surface area contributed by atoms with Gasteiger partial charge in [0.15, 0.2) is 5.65 Å². The van der Waals surface area contributed by atoms with E-state index in [9.17, 15) is 18.4 Å². The van der Waals surface area contributed by atoms with Crippen molar-refractivity contribution in [3.8, 4) is 17.0 Å². The molecule has 4 aromatic rings. The fraction of sp³-hybridized carbons (Fsp3) is 0.150. The molecule has 2 N–H and O–H groups in total. The molecule has 0 fully saturated rings. The predicted octanol–water partition coefficient (Wildman–Crippen LogP) is 3.01. The first-order valence-corrected chi connectivity index (χ1v) is 10.5. The number of nitrogens with zero attached hydrogens (tertiary/aromatic N) is 5. The molecule has 13 heteroatoms. The average Bonchev–Trinajstić information content (AvgIpc) is 3.41. The molecule has 1 aromatic carbocycles. The molecule has 1 aliphatic rings. The van der Waals surface area contributed by atoms with Gasteiger partial charge in [0.2, 0.25) is 5.91 Å². The maximum atomic E-state index is 13.0. The normalized spacial score (nSPS) is 15.4. The van der Waals surface area contributed by atoms with Gasteiger partial charge in [-0.2, -0.15) is 23.8 Å². The second kappa shape index (κ2) is 8.16. The summed E-state index contributed by atoms with van der Waals surface area (Å²) in [6.07, 6.45) is 6.05. The second-order valence-corrected chi connectivity index (χ2v) is 8.39. The molecular weight excluding hydrogens is 456 g/mol. The smallest absolute Gasteiger partial charge is 0.387 e. The minimum atomic E-state index is -3.07. The van der Waals surface area contributed by atoms with Crippen molar-refractivity contribution in [3.63, 3.8) is 0 Å². The van der Waals surface area contributed by atoms with Gasteiger partial charge < -0.3 is 10.1 Å². The topological polar surface area (TPSA) is 115 Å². The SMILES string of the molecule is CC1Sc2cc(-c3ccn(NC(=O)c4cnn5cccnc45)n3)c(OC(F)F)cc2NC1=O. The summed E-state index contributed by atoms with van der Waals surface area (Å²) in [5.74, 6) is -0.875. The Hall–Kier alpha value is -4.00. The Morgan fingerprint density at radius 3 is 3.00 bits per heavy atom. The number of hydrogen-bond donors (Lipinski definition) is 2. The van der Waals surface area contributed by atoms with Crippen LogP contribution in [0.1, 0.15) is 17.3 Å². The summed E-state index contributed by atoms with van der Waals surface area (Å²) in [5, 5.41) is 10.7. The van der Waals surface area contributed by atoms with E-state index >= 15 is 0 Å². The number of anilines is 1. The maximum absolute atomic E-state index is 13.0. The number of thioether (sulfide) groups is 1. The molecule has 168 valence electrons. The zero-order valence-electron chi connectivity index (χ0n) is 16.9. The lowest BCUT2D eigenvalue weighted by atomic mass is 10.1. The van der Waals surface area contributed by atoms with Crippen molar-refractivity contribution in [1.82, 2.24) is 24.5 Å². The van der Waals surface area contributed by atoms with Crippen molar-refractivity contribution in [2.75, 3.05) is 10.7 Å². The van der Waals surface area contributed by atoms with Crippen molar-refractivity contribution in [3.05, 3.63) is 54.6 Å². The van der Waals surface area contributed by atoms with Gasteiger partial charge >= 0.3 is 6.61 Å². The Morgan fingerprint density at radius 1 is 1.33 bits per heavy atom. The van der Waals surface area contributed by atoms with Crippen LogP contribution in [0.2, 0.25) is 0 Å². The Kier molecular flexibility index (Phi) is 5.17. The number of nitrogens with one attached hydrogen (secondary N) is 2. The monoisotopic (exact) mass is 471 g/mol. The molecule has 4 heterocycles. The number of amides is 2. The second-order valence-electron chi connectivity index (χ2n) is 7.00. The third kappa shape index (κ3) is 3.98. The molecule has 0 bridgehead atoms. The van der Waals surface area contributed by atoms with Crippen LogP contribution in [0, 0.1) is 0 Å². The van der Waals surface area contributed by atoms with Crippen molar-refractivity contribution < 1.29 is 23.1 Å². The van der Waals surface area contributed by atoms with E-state index < -0.39 is 12.5 Å². The Bertz CT molecular complexity index is 1390. The molecule has 1 unspecified atom stereocenters. The van der Waals surface area contributed by atoms with E-state index in [1.165, 1.54) is 34.7 Å². The number of rotatable bonds is 5. The number of hydrogen-bond acceptors (Lipinski definition) is 7. The van der Waals surface area contributed by atoms with Gasteiger partial charge in [-0.3, -0.25) is 9.59 Å². The van der Waals surface area contributed by atoms with Crippen molar-refractivity contribution in [1.29, 1.82) is 0 Å². The number of carbonyl (C=O) groups excluding carboxylic acids is 2. The number of ether oxygens (including phenoxy) is 1. The summed E-state index contributed by atoms with van der Waals surface area (Å²) in [6, 6.07) is 6.20. The van der Waals surface area contributed by atoms with Gasteiger partial charge in [0.25, 0.3) is 5.91 Å². The number of aromatic nitrogens is 5. The van der Waals surface area contributed by atoms with Crippen LogP contribution in [-0.2, 0) is 4.79 Å². The third-order valence-electron chi connectivity index (χ3n) is 4.83. The molecule has 0 aliphatic carbocycles. The molecule has 0 saturated carbocycles. The van der Waals surface area contributed by atoms with Crippen molar-refractivity contribution in [2.45, 2.75) is 23.7 Å². The van der Waals surface area contributed by atoms with Crippen molar-refractivity contribution >= 4 is 34.9 Å². The van der Waals surface area contributed by atoms with Crippen LogP contribution in [0.15, 0.2) is 53.9 Å². The molecule has 1 atom stereocenters. The fourth-order valence-electron chi connectivity index (χ4n) is 3.31. The zero-order valence-corrected chi connectivity index (χ0v) is 17.7. The lowest BCUT2D eigenvalue weighted by Gasteiger charge is -2.23. The summed E-state index contributed by atoms with van der Waals surface area (Å²) >= 11 is 1.30. The van der Waals surface area contributed by atoms with Crippen molar-refractivity contribution in [2.24, 2.45) is 0 Å². The number of carbonyl (C=O) groups is 2. The first kappa shape index (κ1) is 20.9. The van der Waals surface area contributed by atoms with E-state index in [1.807, 2.05) is 0 Å². The minimum Gasteiger partial charge on any atom is -0.434 e. The van der Waals surface area contributed by atoms with Gasteiger partial charge in [0.05, 0.1) is 22.8 Å². The molecule has 0 saturated heterocycles. The Balaban J connectivity index is 1.45. The van der Waals surface area contributed by atoms with E-state index in [2.05, 4.69) is 30.7 Å². The summed E-state index contributed by atoms with van der Waals surface area (Å²) in [5.41, 5.74) is 4.16. The molecule has 1 aliphatic heterocycles. The number of alkyl halides is 2. The molecule has 10 nitrogen and oxygen atoms in total.